The van der Waals surface area contributed by atoms with E-state index in [9.17, 15) is 4.79 Å². The number of amides is 1. The molecule has 2 aromatic rings. The van der Waals surface area contributed by atoms with Crippen LogP contribution in [0.5, 0.6) is 0 Å². The van der Waals surface area contributed by atoms with Gasteiger partial charge >= 0.3 is 0 Å². The van der Waals surface area contributed by atoms with Crippen LogP contribution in [0.15, 0.2) is 41.0 Å². The highest BCUT2D eigenvalue weighted by Crippen LogP contribution is 2.19. The van der Waals surface area contributed by atoms with Gasteiger partial charge in [-0.2, -0.15) is 0 Å². The van der Waals surface area contributed by atoms with Crippen LogP contribution in [-0.4, -0.2) is 17.9 Å². The Bertz CT molecular complexity index is 566. The number of nitrogens with zero attached hydrogens (tertiary/aromatic N) is 1. The fourth-order valence-corrected chi connectivity index (χ4v) is 2.04. The van der Waals surface area contributed by atoms with Crippen molar-refractivity contribution in [3.05, 3.63) is 58.0 Å². The Morgan fingerprint density at radius 1 is 1.33 bits per heavy atom. The number of benzene rings is 1. The molecule has 0 spiro atoms. The number of carbonyl (C=O) groups is 1. The van der Waals surface area contributed by atoms with Crippen molar-refractivity contribution < 1.29 is 9.21 Å². The molecule has 1 aromatic heterocycles. The Morgan fingerprint density at radius 2 is 2.11 bits per heavy atom. The number of hydrogen-bond acceptors (Lipinski definition) is 2. The van der Waals surface area contributed by atoms with E-state index in [1.807, 2.05) is 18.2 Å². The molecule has 0 aliphatic heterocycles. The molecule has 0 aliphatic carbocycles. The average Bonchev–Trinajstić information content (AvgIpc) is 2.74. The minimum Gasteiger partial charge on any atom is -0.452 e. The van der Waals surface area contributed by atoms with E-state index in [0.717, 1.165) is 5.56 Å². The summed E-state index contributed by atoms with van der Waals surface area (Å²) in [7, 11) is 1.70. The lowest BCUT2D eigenvalue weighted by atomic mass is 10.2. The van der Waals surface area contributed by atoms with Gasteiger partial charge in [0.15, 0.2) is 0 Å². The molecule has 1 heterocycles. The minimum atomic E-state index is -0.186. The van der Waals surface area contributed by atoms with Crippen molar-refractivity contribution in [2.24, 2.45) is 0 Å². The van der Waals surface area contributed by atoms with E-state index in [0.29, 0.717) is 17.1 Å². The zero-order valence-electron chi connectivity index (χ0n) is 9.69. The second-order valence-electron chi connectivity index (χ2n) is 3.90. The quantitative estimate of drug-likeness (QED) is 0.857. The third kappa shape index (κ3) is 2.86. The highest BCUT2D eigenvalue weighted by molar-refractivity contribution is 6.32. The molecule has 0 saturated heterocycles. The molecule has 1 amide bonds. The summed E-state index contributed by atoms with van der Waals surface area (Å²) in [5, 5.41) is 0.757. The van der Waals surface area contributed by atoms with Gasteiger partial charge in [-0.15, -0.1) is 0 Å². The summed E-state index contributed by atoms with van der Waals surface area (Å²) in [4.78, 5) is 13.6. The molecule has 0 aliphatic rings. The maximum Gasteiger partial charge on any atom is 0.258 e. The average molecular weight is 284 g/mol. The third-order valence-corrected chi connectivity index (χ3v) is 3.03. The van der Waals surface area contributed by atoms with E-state index in [1.54, 1.807) is 24.1 Å². The van der Waals surface area contributed by atoms with Gasteiger partial charge in [0.2, 0.25) is 5.22 Å². The minimum absolute atomic E-state index is 0.109. The predicted molar refractivity (Wildman–Crippen MR) is 71.0 cm³/mol. The standard InChI is InChI=1S/C13H11Cl2NO2/c1-16(8-9-3-2-4-10(14)7-9)13(17)11-5-6-18-12(11)15/h2-7H,8H2,1H3. The smallest absolute Gasteiger partial charge is 0.258 e. The Kier molecular flexibility index (Phi) is 3.94. The Labute approximate surface area is 115 Å². The second kappa shape index (κ2) is 5.46. The van der Waals surface area contributed by atoms with E-state index >= 15 is 0 Å². The highest BCUT2D eigenvalue weighted by Gasteiger charge is 2.17. The summed E-state index contributed by atoms with van der Waals surface area (Å²) < 4.78 is 4.90. The van der Waals surface area contributed by atoms with Crippen LogP contribution in [0.4, 0.5) is 0 Å². The van der Waals surface area contributed by atoms with Crippen LogP contribution in [0.1, 0.15) is 15.9 Å². The normalized spacial score (nSPS) is 10.4. The highest BCUT2D eigenvalue weighted by atomic mass is 35.5. The lowest BCUT2D eigenvalue weighted by molar-refractivity contribution is 0.0784. The van der Waals surface area contributed by atoms with Gasteiger partial charge in [-0.25, -0.2) is 0 Å². The number of halogens is 2. The summed E-state index contributed by atoms with van der Waals surface area (Å²) in [5.41, 5.74) is 1.32. The molecule has 0 atom stereocenters. The molecule has 0 unspecified atom stereocenters. The summed E-state index contributed by atoms with van der Waals surface area (Å²) >= 11 is 11.7. The van der Waals surface area contributed by atoms with Gasteiger partial charge in [0.1, 0.15) is 0 Å². The molecular formula is C13H11Cl2NO2. The molecule has 3 nitrogen and oxygen atoms in total. The number of hydrogen-bond donors (Lipinski definition) is 0. The summed E-state index contributed by atoms with van der Waals surface area (Å²) in [6.07, 6.45) is 1.39. The van der Waals surface area contributed by atoms with E-state index in [2.05, 4.69) is 0 Å². The van der Waals surface area contributed by atoms with Crippen LogP contribution < -0.4 is 0 Å². The fourth-order valence-electron chi connectivity index (χ4n) is 1.63. The molecule has 2 rings (SSSR count). The van der Waals surface area contributed by atoms with E-state index in [4.69, 9.17) is 27.6 Å². The van der Waals surface area contributed by atoms with Crippen LogP contribution in [0, 0.1) is 0 Å². The third-order valence-electron chi connectivity index (χ3n) is 2.50. The molecule has 0 fully saturated rings. The molecule has 0 radical (unpaired) electrons. The zero-order valence-corrected chi connectivity index (χ0v) is 11.2. The van der Waals surface area contributed by atoms with Crippen molar-refractivity contribution in [3.63, 3.8) is 0 Å². The Balaban J connectivity index is 2.11. The summed E-state index contributed by atoms with van der Waals surface area (Å²) in [5.74, 6) is -0.186. The van der Waals surface area contributed by atoms with Crippen molar-refractivity contribution in [2.45, 2.75) is 6.54 Å². The molecule has 0 saturated carbocycles. The number of rotatable bonds is 3. The number of carbonyl (C=O) groups excluding carboxylic acids is 1. The van der Waals surface area contributed by atoms with E-state index in [1.165, 1.54) is 6.26 Å². The molecular weight excluding hydrogens is 273 g/mol. The van der Waals surface area contributed by atoms with Crippen molar-refractivity contribution >= 4 is 29.1 Å². The van der Waals surface area contributed by atoms with Gasteiger partial charge in [-0.1, -0.05) is 23.7 Å². The van der Waals surface area contributed by atoms with Gasteiger partial charge in [-0.3, -0.25) is 4.79 Å². The molecule has 1 aromatic carbocycles. The zero-order chi connectivity index (χ0) is 13.1. The Hall–Kier alpha value is -1.45. The summed E-state index contributed by atoms with van der Waals surface area (Å²) in [6, 6.07) is 8.93. The van der Waals surface area contributed by atoms with E-state index < -0.39 is 0 Å². The lowest BCUT2D eigenvalue weighted by Gasteiger charge is -2.16. The van der Waals surface area contributed by atoms with E-state index in [-0.39, 0.29) is 11.1 Å². The molecule has 94 valence electrons. The van der Waals surface area contributed by atoms with Gasteiger partial charge in [0.05, 0.1) is 11.8 Å². The van der Waals surface area contributed by atoms with Gasteiger partial charge in [-0.05, 0) is 35.4 Å². The predicted octanol–water partition coefficient (Wildman–Crippen LogP) is 3.86. The summed E-state index contributed by atoms with van der Waals surface area (Å²) in [6.45, 7) is 0.459. The first-order chi connectivity index (χ1) is 8.58. The first-order valence-electron chi connectivity index (χ1n) is 5.31. The van der Waals surface area contributed by atoms with Crippen molar-refractivity contribution in [1.82, 2.24) is 4.90 Å². The van der Waals surface area contributed by atoms with Gasteiger partial charge in [0, 0.05) is 18.6 Å². The maximum absolute atomic E-state index is 12.1. The molecule has 18 heavy (non-hydrogen) atoms. The molecule has 5 heteroatoms. The van der Waals surface area contributed by atoms with Gasteiger partial charge in [0.25, 0.3) is 5.91 Å². The first-order valence-corrected chi connectivity index (χ1v) is 6.06. The van der Waals surface area contributed by atoms with Crippen LogP contribution in [0.2, 0.25) is 10.2 Å². The van der Waals surface area contributed by atoms with Crippen LogP contribution in [0.3, 0.4) is 0 Å². The second-order valence-corrected chi connectivity index (χ2v) is 4.68. The van der Waals surface area contributed by atoms with Crippen LogP contribution in [0.25, 0.3) is 0 Å². The molecule has 0 bridgehead atoms. The van der Waals surface area contributed by atoms with Crippen molar-refractivity contribution in [3.8, 4) is 0 Å². The first kappa shape index (κ1) is 13.0. The van der Waals surface area contributed by atoms with Crippen LogP contribution >= 0.6 is 23.2 Å². The topological polar surface area (TPSA) is 33.5 Å². The molecule has 0 N–H and O–H groups in total. The Morgan fingerprint density at radius 3 is 2.72 bits per heavy atom. The SMILES string of the molecule is CN(Cc1cccc(Cl)c1)C(=O)c1ccoc1Cl. The fraction of sp³-hybridized carbons (Fsp3) is 0.154. The number of furan rings is 1. The van der Waals surface area contributed by atoms with Crippen molar-refractivity contribution in [1.29, 1.82) is 0 Å². The monoisotopic (exact) mass is 283 g/mol. The van der Waals surface area contributed by atoms with Gasteiger partial charge < -0.3 is 9.32 Å². The lowest BCUT2D eigenvalue weighted by Crippen LogP contribution is -2.26. The van der Waals surface area contributed by atoms with Crippen molar-refractivity contribution in [2.75, 3.05) is 7.05 Å². The van der Waals surface area contributed by atoms with Crippen LogP contribution in [-0.2, 0) is 6.54 Å². The largest absolute Gasteiger partial charge is 0.452 e. The maximum atomic E-state index is 12.1.